The van der Waals surface area contributed by atoms with Crippen molar-refractivity contribution in [2.24, 2.45) is 5.92 Å². The van der Waals surface area contributed by atoms with Crippen molar-refractivity contribution in [2.75, 3.05) is 11.9 Å². The number of ether oxygens (including phenoxy) is 1. The molecular formula is C21H21ClFNO3. The van der Waals surface area contributed by atoms with Crippen molar-refractivity contribution in [3.63, 3.8) is 0 Å². The summed E-state index contributed by atoms with van der Waals surface area (Å²) in [4.78, 5) is 11.2. The van der Waals surface area contributed by atoms with Crippen LogP contribution < -0.4 is 5.32 Å². The normalized spacial score (nSPS) is 23.9. The zero-order valence-corrected chi connectivity index (χ0v) is 15.7. The Hall–Kier alpha value is -2.11. The average Bonchev–Trinajstić information content (AvgIpc) is 2.67. The van der Waals surface area contributed by atoms with E-state index in [9.17, 15) is 9.18 Å². The van der Waals surface area contributed by atoms with Gasteiger partial charge in [0.1, 0.15) is 5.82 Å². The highest BCUT2D eigenvalue weighted by Gasteiger charge is 2.41. The molecule has 27 heavy (non-hydrogen) atoms. The van der Waals surface area contributed by atoms with Gasteiger partial charge in [-0.05, 0) is 43.0 Å². The highest BCUT2D eigenvalue weighted by molar-refractivity contribution is 6.31. The van der Waals surface area contributed by atoms with Gasteiger partial charge >= 0.3 is 5.97 Å². The number of carboxylic acids is 1. The van der Waals surface area contributed by atoms with E-state index in [0.29, 0.717) is 12.2 Å². The van der Waals surface area contributed by atoms with Crippen LogP contribution in [-0.2, 0) is 11.2 Å². The molecule has 2 aromatic rings. The molecule has 2 aromatic carbocycles. The zero-order chi connectivity index (χ0) is 19.1. The van der Waals surface area contributed by atoms with Gasteiger partial charge in [-0.15, -0.1) is 0 Å². The van der Waals surface area contributed by atoms with Gasteiger partial charge in [0.2, 0.25) is 0 Å². The van der Waals surface area contributed by atoms with Gasteiger partial charge in [-0.25, -0.2) is 9.18 Å². The first kappa shape index (κ1) is 18.3. The van der Waals surface area contributed by atoms with Crippen LogP contribution in [0.5, 0.6) is 0 Å². The lowest BCUT2D eigenvalue weighted by Gasteiger charge is -2.43. The number of halogens is 2. The van der Waals surface area contributed by atoms with Crippen LogP contribution in [-0.4, -0.2) is 17.7 Å². The van der Waals surface area contributed by atoms with E-state index in [1.165, 1.54) is 11.6 Å². The van der Waals surface area contributed by atoms with Crippen LogP contribution in [0.3, 0.4) is 0 Å². The van der Waals surface area contributed by atoms with Crippen LogP contribution in [0.1, 0.15) is 59.0 Å². The minimum atomic E-state index is -1.20. The fourth-order valence-electron chi connectivity index (χ4n) is 4.23. The fourth-order valence-corrected chi connectivity index (χ4v) is 4.56. The van der Waals surface area contributed by atoms with Crippen molar-refractivity contribution in [1.29, 1.82) is 0 Å². The summed E-state index contributed by atoms with van der Waals surface area (Å²) in [6, 6.07) is 8.21. The monoisotopic (exact) mass is 389 g/mol. The fraction of sp³-hybridized carbons (Fsp3) is 0.381. The second-order valence-corrected chi connectivity index (χ2v) is 7.56. The predicted molar refractivity (Wildman–Crippen MR) is 102 cm³/mol. The number of hydrogen-bond acceptors (Lipinski definition) is 3. The summed E-state index contributed by atoms with van der Waals surface area (Å²) in [6.07, 6.45) is 2.59. The maximum atomic E-state index is 14.9. The summed E-state index contributed by atoms with van der Waals surface area (Å²) in [5.41, 5.74) is 3.41. The van der Waals surface area contributed by atoms with Crippen LogP contribution in [0, 0.1) is 11.7 Å². The molecule has 1 fully saturated rings. The first-order chi connectivity index (χ1) is 13.0. The summed E-state index contributed by atoms with van der Waals surface area (Å²) < 4.78 is 21.0. The molecule has 0 aliphatic carbocycles. The molecular weight excluding hydrogens is 369 g/mol. The number of hydrogen-bond donors (Lipinski definition) is 2. The van der Waals surface area contributed by atoms with Crippen LogP contribution in [0.25, 0.3) is 0 Å². The van der Waals surface area contributed by atoms with Crippen molar-refractivity contribution in [1.82, 2.24) is 0 Å². The SMILES string of the molecule is CCc1ccc2c(c1)[C@@H]1OCCC[C@@H]1[C@@H](c1c(F)cc(C(=O)O)cc1Cl)N2. The van der Waals surface area contributed by atoms with Crippen molar-refractivity contribution in [3.05, 3.63) is 63.4 Å². The minimum Gasteiger partial charge on any atom is -0.478 e. The van der Waals surface area contributed by atoms with Crippen molar-refractivity contribution >= 4 is 23.3 Å². The highest BCUT2D eigenvalue weighted by atomic mass is 35.5. The topological polar surface area (TPSA) is 58.6 Å². The summed E-state index contributed by atoms with van der Waals surface area (Å²) >= 11 is 6.33. The molecule has 4 nitrogen and oxygen atoms in total. The molecule has 0 bridgehead atoms. The van der Waals surface area contributed by atoms with E-state index in [2.05, 4.69) is 24.4 Å². The van der Waals surface area contributed by atoms with E-state index in [4.69, 9.17) is 21.4 Å². The first-order valence-electron chi connectivity index (χ1n) is 9.22. The number of rotatable bonds is 3. The van der Waals surface area contributed by atoms with Crippen LogP contribution >= 0.6 is 11.6 Å². The molecule has 6 heteroatoms. The van der Waals surface area contributed by atoms with E-state index in [1.54, 1.807) is 0 Å². The number of aromatic carboxylic acids is 1. The van der Waals surface area contributed by atoms with Gasteiger partial charge in [-0.2, -0.15) is 0 Å². The number of benzene rings is 2. The van der Waals surface area contributed by atoms with Gasteiger partial charge in [-0.3, -0.25) is 0 Å². The molecule has 142 valence electrons. The second kappa shape index (κ2) is 7.13. The van der Waals surface area contributed by atoms with Crippen molar-refractivity contribution in [3.8, 4) is 0 Å². The number of carbonyl (C=O) groups is 1. The summed E-state index contributed by atoms with van der Waals surface area (Å²) in [5, 5.41) is 12.7. The third kappa shape index (κ3) is 3.19. The molecule has 0 radical (unpaired) electrons. The van der Waals surface area contributed by atoms with Gasteiger partial charge < -0.3 is 15.2 Å². The molecule has 0 spiro atoms. The molecule has 2 aliphatic heterocycles. The molecule has 2 aliphatic rings. The molecule has 0 unspecified atom stereocenters. The molecule has 0 saturated carbocycles. The Kier molecular flexibility index (Phi) is 4.82. The first-order valence-corrected chi connectivity index (χ1v) is 9.60. The summed E-state index contributed by atoms with van der Waals surface area (Å²) in [7, 11) is 0. The van der Waals surface area contributed by atoms with Crippen molar-refractivity contribution < 1.29 is 19.0 Å². The minimum absolute atomic E-state index is 0.0287. The lowest BCUT2D eigenvalue weighted by Crippen LogP contribution is -2.36. The smallest absolute Gasteiger partial charge is 0.335 e. The second-order valence-electron chi connectivity index (χ2n) is 7.15. The third-order valence-corrected chi connectivity index (χ3v) is 5.89. The van der Waals surface area contributed by atoms with Gasteiger partial charge in [0.05, 0.1) is 17.7 Å². The van der Waals surface area contributed by atoms with Crippen LogP contribution in [0.15, 0.2) is 30.3 Å². The van der Waals surface area contributed by atoms with Gasteiger partial charge in [0.25, 0.3) is 0 Å². The lowest BCUT2D eigenvalue weighted by molar-refractivity contribution is -0.0384. The maximum absolute atomic E-state index is 14.9. The highest BCUT2D eigenvalue weighted by Crippen LogP contribution is 2.50. The van der Waals surface area contributed by atoms with E-state index in [1.807, 2.05) is 6.07 Å². The molecule has 2 N–H and O–H groups in total. The largest absolute Gasteiger partial charge is 0.478 e. The van der Waals surface area contributed by atoms with Gasteiger partial charge in [-0.1, -0.05) is 30.7 Å². The number of anilines is 1. The molecule has 0 amide bonds. The Morgan fingerprint density at radius 3 is 2.89 bits per heavy atom. The van der Waals surface area contributed by atoms with E-state index in [0.717, 1.165) is 36.6 Å². The standard InChI is InChI=1S/C21H21ClFNO3/c1-2-11-5-6-17-14(8-11)20-13(4-3-7-27-20)19(24-17)18-15(22)9-12(21(25)26)10-16(18)23/h5-6,8-10,13,19-20,24H,2-4,7H2,1H3,(H,25,26)/t13-,19+,20-/m1/s1. The van der Waals surface area contributed by atoms with E-state index >= 15 is 0 Å². The quantitative estimate of drug-likeness (QED) is 0.740. The Labute approximate surface area is 162 Å². The molecule has 3 atom stereocenters. The molecule has 4 rings (SSSR count). The Morgan fingerprint density at radius 2 is 2.19 bits per heavy atom. The summed E-state index contributed by atoms with van der Waals surface area (Å²) in [6.45, 7) is 2.79. The zero-order valence-electron chi connectivity index (χ0n) is 15.0. The molecule has 0 aromatic heterocycles. The average molecular weight is 390 g/mol. The third-order valence-electron chi connectivity index (χ3n) is 5.57. The maximum Gasteiger partial charge on any atom is 0.335 e. The molecule has 2 heterocycles. The Bertz CT molecular complexity index is 878. The van der Waals surface area contributed by atoms with Crippen LogP contribution in [0.2, 0.25) is 5.02 Å². The number of fused-ring (bicyclic) bond motifs is 3. The Morgan fingerprint density at radius 1 is 1.37 bits per heavy atom. The predicted octanol–water partition coefficient (Wildman–Crippen LogP) is 5.37. The summed E-state index contributed by atoms with van der Waals surface area (Å²) in [5.74, 6) is -1.77. The number of nitrogens with one attached hydrogen (secondary N) is 1. The Balaban J connectivity index is 1.81. The number of carboxylic acid groups (broad SMARTS) is 1. The van der Waals surface area contributed by atoms with Crippen molar-refractivity contribution in [2.45, 2.75) is 38.3 Å². The van der Waals surface area contributed by atoms with Gasteiger partial charge in [0.15, 0.2) is 0 Å². The van der Waals surface area contributed by atoms with E-state index < -0.39 is 11.8 Å². The number of aryl methyl sites for hydroxylation is 1. The van der Waals surface area contributed by atoms with E-state index in [-0.39, 0.29) is 28.6 Å². The lowest BCUT2D eigenvalue weighted by atomic mass is 9.77. The molecule has 1 saturated heterocycles. The van der Waals surface area contributed by atoms with Crippen LogP contribution in [0.4, 0.5) is 10.1 Å². The van der Waals surface area contributed by atoms with Gasteiger partial charge in [0, 0.05) is 34.4 Å².